The number of ether oxygens (including phenoxy) is 3. The molecule has 1 atom stereocenters. The van der Waals surface area contributed by atoms with E-state index in [-0.39, 0.29) is 6.10 Å². The van der Waals surface area contributed by atoms with E-state index in [4.69, 9.17) is 14.2 Å². The number of hydrogen-bond acceptors (Lipinski definition) is 4. The first kappa shape index (κ1) is 15.8. The van der Waals surface area contributed by atoms with Crippen LogP contribution in [0.4, 0.5) is 0 Å². The summed E-state index contributed by atoms with van der Waals surface area (Å²) in [5.74, 6) is 1.62. The van der Waals surface area contributed by atoms with E-state index in [9.17, 15) is 0 Å². The van der Waals surface area contributed by atoms with Gasteiger partial charge in [-0.3, -0.25) is 0 Å². The van der Waals surface area contributed by atoms with Crippen molar-refractivity contribution in [3.63, 3.8) is 0 Å². The third kappa shape index (κ3) is 3.49. The minimum Gasteiger partial charge on any atom is -0.496 e. The van der Waals surface area contributed by atoms with Gasteiger partial charge in [-0.05, 0) is 30.7 Å². The molecule has 0 bridgehead atoms. The number of methoxy groups -OCH3 is 2. The fraction of sp³-hybridized carbons (Fsp3) is 0.368. The Balaban J connectivity index is 1.94. The van der Waals surface area contributed by atoms with Gasteiger partial charge in [0.15, 0.2) is 0 Å². The minimum absolute atomic E-state index is 0.254. The van der Waals surface area contributed by atoms with E-state index in [1.807, 2.05) is 30.3 Å². The standard InChI is InChI=1S/C19H23NO3/c1-21-18-9-8-16(14-6-4-3-5-7-14)19(22-2)17(18)13-23-15-10-11-20-12-15/h3-9,15,20H,10-13H2,1-2H3. The van der Waals surface area contributed by atoms with Gasteiger partial charge in [0.05, 0.1) is 32.5 Å². The van der Waals surface area contributed by atoms with E-state index in [1.54, 1.807) is 14.2 Å². The highest BCUT2D eigenvalue weighted by atomic mass is 16.5. The summed E-state index contributed by atoms with van der Waals surface area (Å²) in [6, 6.07) is 14.2. The highest BCUT2D eigenvalue weighted by Gasteiger charge is 2.20. The van der Waals surface area contributed by atoms with Crippen LogP contribution in [0.25, 0.3) is 11.1 Å². The van der Waals surface area contributed by atoms with Crippen molar-refractivity contribution in [3.05, 3.63) is 48.0 Å². The van der Waals surface area contributed by atoms with Gasteiger partial charge < -0.3 is 19.5 Å². The zero-order chi connectivity index (χ0) is 16.1. The van der Waals surface area contributed by atoms with Crippen LogP contribution in [0.2, 0.25) is 0 Å². The Kier molecular flexibility index (Phi) is 5.16. The van der Waals surface area contributed by atoms with Crippen LogP contribution >= 0.6 is 0 Å². The fourth-order valence-corrected chi connectivity index (χ4v) is 2.99. The Morgan fingerprint density at radius 3 is 2.52 bits per heavy atom. The highest BCUT2D eigenvalue weighted by molar-refractivity contribution is 5.74. The van der Waals surface area contributed by atoms with Crippen molar-refractivity contribution in [3.8, 4) is 22.6 Å². The van der Waals surface area contributed by atoms with Crippen LogP contribution < -0.4 is 14.8 Å². The average Bonchev–Trinajstić information content (AvgIpc) is 3.13. The largest absolute Gasteiger partial charge is 0.496 e. The minimum atomic E-state index is 0.254. The second kappa shape index (κ2) is 7.49. The molecule has 1 aliphatic rings. The highest BCUT2D eigenvalue weighted by Crippen LogP contribution is 2.39. The lowest BCUT2D eigenvalue weighted by atomic mass is 10.0. The van der Waals surface area contributed by atoms with Crippen LogP contribution in [-0.2, 0) is 11.3 Å². The summed E-state index contributed by atoms with van der Waals surface area (Å²) in [6.45, 7) is 2.41. The maximum atomic E-state index is 6.04. The number of nitrogens with one attached hydrogen (secondary N) is 1. The third-order valence-corrected chi connectivity index (χ3v) is 4.20. The second-order valence-corrected chi connectivity index (χ2v) is 5.62. The number of rotatable bonds is 6. The number of benzene rings is 2. The van der Waals surface area contributed by atoms with Gasteiger partial charge in [0.2, 0.25) is 0 Å². The molecule has 2 aromatic rings. The predicted molar refractivity (Wildman–Crippen MR) is 91.0 cm³/mol. The lowest BCUT2D eigenvalue weighted by molar-refractivity contribution is 0.0519. The molecule has 3 rings (SSSR count). The van der Waals surface area contributed by atoms with Crippen LogP contribution in [0, 0.1) is 0 Å². The van der Waals surface area contributed by atoms with E-state index in [0.29, 0.717) is 6.61 Å². The summed E-state index contributed by atoms with van der Waals surface area (Å²) in [5, 5.41) is 3.32. The molecule has 1 unspecified atom stereocenters. The van der Waals surface area contributed by atoms with E-state index in [0.717, 1.165) is 47.7 Å². The molecule has 0 radical (unpaired) electrons. The summed E-state index contributed by atoms with van der Waals surface area (Å²) in [5.41, 5.74) is 3.14. The van der Waals surface area contributed by atoms with Crippen LogP contribution in [-0.4, -0.2) is 33.4 Å². The first-order chi connectivity index (χ1) is 11.3. The zero-order valence-corrected chi connectivity index (χ0v) is 13.7. The molecular formula is C19H23NO3. The van der Waals surface area contributed by atoms with Crippen molar-refractivity contribution in [2.24, 2.45) is 0 Å². The van der Waals surface area contributed by atoms with Crippen molar-refractivity contribution in [1.82, 2.24) is 5.32 Å². The van der Waals surface area contributed by atoms with E-state index >= 15 is 0 Å². The van der Waals surface area contributed by atoms with Crippen molar-refractivity contribution in [2.45, 2.75) is 19.1 Å². The Morgan fingerprint density at radius 2 is 1.87 bits per heavy atom. The summed E-state index contributed by atoms with van der Waals surface area (Å²) in [7, 11) is 3.37. The van der Waals surface area contributed by atoms with Gasteiger partial charge in [0.1, 0.15) is 11.5 Å². The SMILES string of the molecule is COc1ccc(-c2ccccc2)c(OC)c1COC1CCNC1. The molecule has 0 aromatic heterocycles. The molecule has 1 heterocycles. The predicted octanol–water partition coefficient (Wildman–Crippen LogP) is 3.25. The fourth-order valence-electron chi connectivity index (χ4n) is 2.99. The van der Waals surface area contributed by atoms with Crippen LogP contribution in [0.3, 0.4) is 0 Å². The van der Waals surface area contributed by atoms with E-state index in [2.05, 4.69) is 17.4 Å². The molecule has 0 amide bonds. The molecule has 23 heavy (non-hydrogen) atoms. The summed E-state index contributed by atoms with van der Waals surface area (Å²) in [4.78, 5) is 0. The molecule has 1 N–H and O–H groups in total. The second-order valence-electron chi connectivity index (χ2n) is 5.62. The molecule has 1 aliphatic heterocycles. The monoisotopic (exact) mass is 313 g/mol. The smallest absolute Gasteiger partial charge is 0.135 e. The quantitative estimate of drug-likeness (QED) is 0.888. The Morgan fingerprint density at radius 1 is 1.04 bits per heavy atom. The molecule has 1 fully saturated rings. The van der Waals surface area contributed by atoms with Crippen molar-refractivity contribution < 1.29 is 14.2 Å². The molecule has 4 heteroatoms. The number of hydrogen-bond donors (Lipinski definition) is 1. The summed E-state index contributed by atoms with van der Waals surface area (Å²) < 4.78 is 17.3. The van der Waals surface area contributed by atoms with Crippen molar-refractivity contribution >= 4 is 0 Å². The van der Waals surface area contributed by atoms with Gasteiger partial charge in [-0.25, -0.2) is 0 Å². The van der Waals surface area contributed by atoms with Gasteiger partial charge in [-0.15, -0.1) is 0 Å². The Hall–Kier alpha value is -2.04. The molecule has 0 saturated carbocycles. The molecule has 122 valence electrons. The molecule has 0 aliphatic carbocycles. The van der Waals surface area contributed by atoms with Crippen LogP contribution in [0.1, 0.15) is 12.0 Å². The van der Waals surface area contributed by atoms with Gasteiger partial charge in [-0.1, -0.05) is 30.3 Å². The van der Waals surface area contributed by atoms with E-state index < -0.39 is 0 Å². The molecular weight excluding hydrogens is 290 g/mol. The Labute approximate surface area is 137 Å². The molecule has 4 nitrogen and oxygen atoms in total. The molecule has 0 spiro atoms. The first-order valence-electron chi connectivity index (χ1n) is 7.95. The normalized spacial score (nSPS) is 17.2. The summed E-state index contributed by atoms with van der Waals surface area (Å²) >= 11 is 0. The lowest BCUT2D eigenvalue weighted by Crippen LogP contribution is -2.17. The third-order valence-electron chi connectivity index (χ3n) is 4.20. The molecule has 1 saturated heterocycles. The Bertz CT molecular complexity index is 637. The van der Waals surface area contributed by atoms with Gasteiger partial charge in [0.25, 0.3) is 0 Å². The van der Waals surface area contributed by atoms with Crippen LogP contribution in [0.15, 0.2) is 42.5 Å². The van der Waals surface area contributed by atoms with Crippen molar-refractivity contribution in [2.75, 3.05) is 27.3 Å². The summed E-state index contributed by atoms with van der Waals surface area (Å²) in [6.07, 6.45) is 1.30. The van der Waals surface area contributed by atoms with Gasteiger partial charge in [0, 0.05) is 12.1 Å². The maximum absolute atomic E-state index is 6.04. The topological polar surface area (TPSA) is 39.7 Å². The van der Waals surface area contributed by atoms with Gasteiger partial charge >= 0.3 is 0 Å². The zero-order valence-electron chi connectivity index (χ0n) is 13.7. The first-order valence-corrected chi connectivity index (χ1v) is 7.95. The average molecular weight is 313 g/mol. The molecule has 2 aromatic carbocycles. The van der Waals surface area contributed by atoms with Crippen molar-refractivity contribution in [1.29, 1.82) is 0 Å². The maximum Gasteiger partial charge on any atom is 0.135 e. The van der Waals surface area contributed by atoms with Crippen LogP contribution in [0.5, 0.6) is 11.5 Å². The van der Waals surface area contributed by atoms with Gasteiger partial charge in [-0.2, -0.15) is 0 Å². The lowest BCUT2D eigenvalue weighted by Gasteiger charge is -2.19. The van der Waals surface area contributed by atoms with E-state index in [1.165, 1.54) is 0 Å².